The van der Waals surface area contributed by atoms with Crippen LogP contribution in [0.2, 0.25) is 0 Å². The maximum Gasteiger partial charge on any atom is 0.303 e. The molecule has 0 aromatic rings. The molecule has 0 amide bonds. The molecule has 0 spiro atoms. The lowest BCUT2D eigenvalue weighted by molar-refractivity contribution is -0.148. The summed E-state index contributed by atoms with van der Waals surface area (Å²) in [6.07, 6.45) is 12.1. The second-order valence-corrected chi connectivity index (χ2v) is 10.3. The predicted molar refractivity (Wildman–Crippen MR) is 112 cm³/mol. The van der Waals surface area contributed by atoms with Gasteiger partial charge in [0.15, 0.2) is 0 Å². The van der Waals surface area contributed by atoms with Crippen molar-refractivity contribution in [1.29, 1.82) is 0 Å². The molecule has 0 bridgehead atoms. The van der Waals surface area contributed by atoms with Crippen LogP contribution in [0.4, 0.5) is 0 Å². The van der Waals surface area contributed by atoms with Crippen LogP contribution in [0.15, 0.2) is 23.3 Å². The summed E-state index contributed by atoms with van der Waals surface area (Å²) >= 11 is 0. The molecular formula is C25H36O4. The van der Waals surface area contributed by atoms with E-state index in [2.05, 4.69) is 32.9 Å². The van der Waals surface area contributed by atoms with Crippen LogP contribution in [0.1, 0.15) is 79.6 Å². The summed E-state index contributed by atoms with van der Waals surface area (Å²) < 4.78 is 11.3. The van der Waals surface area contributed by atoms with Gasteiger partial charge < -0.3 is 9.47 Å². The van der Waals surface area contributed by atoms with Crippen LogP contribution in [0, 0.1) is 28.6 Å². The number of ether oxygens (including phenoxy) is 2. The van der Waals surface area contributed by atoms with Gasteiger partial charge in [-0.3, -0.25) is 9.59 Å². The molecule has 0 aliphatic heterocycles. The van der Waals surface area contributed by atoms with Gasteiger partial charge in [-0.2, -0.15) is 0 Å². The van der Waals surface area contributed by atoms with E-state index in [-0.39, 0.29) is 35.0 Å². The van der Waals surface area contributed by atoms with Gasteiger partial charge in [-0.05, 0) is 79.6 Å². The van der Waals surface area contributed by atoms with Gasteiger partial charge in [0.25, 0.3) is 0 Å². The zero-order valence-corrected chi connectivity index (χ0v) is 18.6. The van der Waals surface area contributed by atoms with E-state index in [1.165, 1.54) is 37.8 Å². The molecule has 0 N–H and O–H groups in total. The van der Waals surface area contributed by atoms with Crippen LogP contribution >= 0.6 is 0 Å². The highest BCUT2D eigenvalue weighted by Crippen LogP contribution is 2.66. The lowest BCUT2D eigenvalue weighted by Crippen LogP contribution is -2.49. The minimum atomic E-state index is -0.172. The first kappa shape index (κ1) is 20.7. The average molecular weight is 401 g/mol. The molecular weight excluding hydrogens is 364 g/mol. The number of esters is 2. The van der Waals surface area contributed by atoms with E-state index in [1.54, 1.807) is 0 Å². The first-order valence-electron chi connectivity index (χ1n) is 11.4. The Morgan fingerprint density at radius 2 is 1.72 bits per heavy atom. The second kappa shape index (κ2) is 7.28. The van der Waals surface area contributed by atoms with Crippen LogP contribution in [-0.2, 0) is 19.1 Å². The number of hydrogen-bond acceptors (Lipinski definition) is 4. The maximum atomic E-state index is 11.7. The van der Waals surface area contributed by atoms with E-state index in [9.17, 15) is 9.59 Å². The van der Waals surface area contributed by atoms with Crippen molar-refractivity contribution in [2.24, 2.45) is 28.6 Å². The van der Waals surface area contributed by atoms with Crippen molar-refractivity contribution >= 4 is 11.9 Å². The lowest BCUT2D eigenvalue weighted by Gasteiger charge is -2.57. The molecule has 7 atom stereocenters. The molecule has 3 fully saturated rings. The number of fused-ring (bicyclic) bond motifs is 5. The van der Waals surface area contributed by atoms with Gasteiger partial charge in [0.05, 0.1) is 0 Å². The van der Waals surface area contributed by atoms with E-state index >= 15 is 0 Å². The number of carbonyl (C=O) groups is 2. The second-order valence-electron chi connectivity index (χ2n) is 10.3. The Kier molecular flexibility index (Phi) is 5.19. The summed E-state index contributed by atoms with van der Waals surface area (Å²) in [6, 6.07) is 0. The number of hydrogen-bond donors (Lipinski definition) is 0. The fourth-order valence-electron chi connectivity index (χ4n) is 7.63. The van der Waals surface area contributed by atoms with Gasteiger partial charge in [-0.1, -0.05) is 31.6 Å². The Morgan fingerprint density at radius 1 is 1.03 bits per heavy atom. The molecule has 4 rings (SSSR count). The monoisotopic (exact) mass is 400 g/mol. The molecule has 4 nitrogen and oxygen atoms in total. The van der Waals surface area contributed by atoms with E-state index in [0.717, 1.165) is 32.1 Å². The van der Waals surface area contributed by atoms with E-state index in [1.807, 2.05) is 0 Å². The van der Waals surface area contributed by atoms with Crippen LogP contribution in [0.25, 0.3) is 0 Å². The summed E-state index contributed by atoms with van der Waals surface area (Å²) in [5, 5.41) is 0. The van der Waals surface area contributed by atoms with Crippen LogP contribution in [-0.4, -0.2) is 24.1 Å². The Morgan fingerprint density at radius 3 is 2.38 bits per heavy atom. The molecule has 0 saturated heterocycles. The molecule has 0 heterocycles. The smallest absolute Gasteiger partial charge is 0.303 e. The molecule has 29 heavy (non-hydrogen) atoms. The minimum Gasteiger partial charge on any atom is -0.462 e. The third kappa shape index (κ3) is 3.27. The third-order valence-corrected chi connectivity index (χ3v) is 8.87. The fourth-order valence-corrected chi connectivity index (χ4v) is 7.63. The molecule has 0 radical (unpaired) electrons. The molecule has 4 aliphatic rings. The van der Waals surface area contributed by atoms with E-state index in [4.69, 9.17) is 9.47 Å². The Bertz CT molecular complexity index is 765. The first-order valence-corrected chi connectivity index (χ1v) is 11.4. The summed E-state index contributed by atoms with van der Waals surface area (Å²) in [7, 11) is 0. The Hall–Kier alpha value is -1.58. The highest BCUT2D eigenvalue weighted by atomic mass is 16.5. The van der Waals surface area contributed by atoms with Crippen molar-refractivity contribution in [1.82, 2.24) is 0 Å². The van der Waals surface area contributed by atoms with Crippen LogP contribution < -0.4 is 0 Å². The molecule has 2 unspecified atom stereocenters. The van der Waals surface area contributed by atoms with Gasteiger partial charge in [0.1, 0.15) is 12.2 Å². The highest BCUT2D eigenvalue weighted by molar-refractivity contribution is 5.67. The van der Waals surface area contributed by atoms with Crippen molar-refractivity contribution in [2.45, 2.75) is 91.8 Å². The topological polar surface area (TPSA) is 52.6 Å². The summed E-state index contributed by atoms with van der Waals surface area (Å²) in [6.45, 7) is 10.0. The van der Waals surface area contributed by atoms with Gasteiger partial charge in [-0.15, -0.1) is 0 Å². The number of carbonyl (C=O) groups excluding carboxylic acids is 2. The largest absolute Gasteiger partial charge is 0.462 e. The summed E-state index contributed by atoms with van der Waals surface area (Å²) in [4.78, 5) is 23.1. The maximum absolute atomic E-state index is 11.7. The fraction of sp³-hybridized carbons (Fsp3) is 0.760. The quantitative estimate of drug-likeness (QED) is 0.462. The molecule has 4 heteroatoms. The molecule has 0 aromatic carbocycles. The summed E-state index contributed by atoms with van der Waals surface area (Å²) in [5.74, 6) is 1.55. The molecule has 160 valence electrons. The highest BCUT2D eigenvalue weighted by Gasteiger charge is 2.59. The van der Waals surface area contributed by atoms with Crippen molar-refractivity contribution in [3.8, 4) is 0 Å². The third-order valence-electron chi connectivity index (χ3n) is 8.87. The van der Waals surface area contributed by atoms with E-state index in [0.29, 0.717) is 17.8 Å². The zero-order valence-electron chi connectivity index (χ0n) is 18.6. The first-order chi connectivity index (χ1) is 13.7. The number of rotatable bonds is 2. The standard InChI is InChI=1S/C25H36O4/c1-6-20-23(29-16(3)27)14-22-19-8-7-17-13-18(28-15(2)26)9-11-24(17,4)21(19)10-12-25(20,22)5/h6-7,18-19,21-23H,8-14H2,1-5H3/t18?,19-,21+,22+,23?,24+,25-/m1/s1. The average Bonchev–Trinajstić information content (AvgIpc) is 2.92. The molecule has 0 aromatic heterocycles. The van der Waals surface area contributed by atoms with Crippen molar-refractivity contribution in [3.63, 3.8) is 0 Å². The van der Waals surface area contributed by atoms with Gasteiger partial charge in [-0.25, -0.2) is 0 Å². The lowest BCUT2D eigenvalue weighted by atomic mass is 9.48. The summed E-state index contributed by atoms with van der Waals surface area (Å²) in [5.41, 5.74) is 3.22. The van der Waals surface area contributed by atoms with E-state index < -0.39 is 0 Å². The normalized spacial score (nSPS) is 44.9. The Labute approximate surface area is 175 Å². The van der Waals surface area contributed by atoms with Gasteiger partial charge >= 0.3 is 11.9 Å². The van der Waals surface area contributed by atoms with Crippen LogP contribution in [0.3, 0.4) is 0 Å². The Balaban J connectivity index is 1.61. The number of allylic oxidation sites excluding steroid dienone is 2. The minimum absolute atomic E-state index is 0.0479. The van der Waals surface area contributed by atoms with Gasteiger partial charge in [0.2, 0.25) is 0 Å². The van der Waals surface area contributed by atoms with Crippen molar-refractivity contribution in [2.75, 3.05) is 0 Å². The van der Waals surface area contributed by atoms with Gasteiger partial charge in [0, 0.05) is 20.3 Å². The van der Waals surface area contributed by atoms with Crippen molar-refractivity contribution < 1.29 is 19.1 Å². The SMILES string of the molecule is CC=C1C(OC(C)=O)C[C@H]2[C@@H]3CC=C4CC(OC(C)=O)CC[C@]4(C)[C@H]3CC[C@]12C. The molecule has 4 aliphatic carbocycles. The van der Waals surface area contributed by atoms with Crippen LogP contribution in [0.5, 0.6) is 0 Å². The van der Waals surface area contributed by atoms with Crippen molar-refractivity contribution in [3.05, 3.63) is 23.3 Å². The predicted octanol–water partition coefficient (Wildman–Crippen LogP) is 5.37. The zero-order chi connectivity index (χ0) is 21.0. The molecule has 3 saturated carbocycles.